The molecule has 0 saturated heterocycles. The van der Waals surface area contributed by atoms with Crippen molar-refractivity contribution in [2.45, 2.75) is 68.6 Å². The number of aromatic hydroxyl groups is 8. The Morgan fingerprint density at radius 1 is 0.287 bits per heavy atom. The van der Waals surface area contributed by atoms with Gasteiger partial charge in [-0.2, -0.15) is 0 Å². The highest BCUT2D eigenvalue weighted by molar-refractivity contribution is 9.12. The summed E-state index contributed by atoms with van der Waals surface area (Å²) in [5.74, 6) is -0.922. The van der Waals surface area contributed by atoms with Gasteiger partial charge in [0.15, 0.2) is 11.5 Å². The summed E-state index contributed by atoms with van der Waals surface area (Å²) in [4.78, 5) is 0. The van der Waals surface area contributed by atoms with Crippen molar-refractivity contribution < 1.29 is 40.9 Å². The molecule has 0 unspecified atom stereocenters. The molecule has 8 N–H and O–H groups in total. The van der Waals surface area contributed by atoms with Gasteiger partial charge in [-0.25, -0.2) is 0 Å². The highest BCUT2D eigenvalue weighted by Gasteiger charge is 2.59. The summed E-state index contributed by atoms with van der Waals surface area (Å²) in [7, 11) is 0. The van der Waals surface area contributed by atoms with Crippen molar-refractivity contribution in [2.24, 2.45) is 5.41 Å². The molecule has 0 aromatic heterocycles. The van der Waals surface area contributed by atoms with Crippen molar-refractivity contribution in [2.75, 3.05) is 0 Å². The van der Waals surface area contributed by atoms with Crippen LogP contribution in [0.25, 0.3) is 0 Å². The number of rotatable bonds is 15. The van der Waals surface area contributed by atoms with Crippen molar-refractivity contribution >= 4 is 174 Å². The van der Waals surface area contributed by atoms with Gasteiger partial charge in [-0.1, -0.05) is 98.4 Å². The van der Waals surface area contributed by atoms with Crippen LogP contribution in [-0.2, 0) is 21.7 Å². The van der Waals surface area contributed by atoms with Crippen molar-refractivity contribution in [1.82, 2.24) is 0 Å². The number of hydrogen-bond donors (Lipinski definition) is 8. The third-order valence-electron chi connectivity index (χ3n) is 15.8. The molecule has 0 saturated carbocycles. The lowest BCUT2D eigenvalue weighted by atomic mass is 9.44. The summed E-state index contributed by atoms with van der Waals surface area (Å²) >= 11 is 57.0. The molecule has 8 aromatic carbocycles. The summed E-state index contributed by atoms with van der Waals surface area (Å²) in [5.41, 5.74) is -1.33. The lowest BCUT2D eigenvalue weighted by molar-refractivity contribution is 0.0731. The zero-order chi connectivity index (χ0) is 58.9. The first-order chi connectivity index (χ1) is 37.3. The molecule has 0 aliphatic carbocycles. The Bertz CT molecular complexity index is 3270. The normalized spacial score (nSPS) is 12.6. The second-order valence-corrected chi connectivity index (χ2v) is 29.3. The van der Waals surface area contributed by atoms with E-state index in [1.54, 1.807) is 48.5 Å². The zero-order valence-electron chi connectivity index (χ0n) is 42.3. The minimum absolute atomic E-state index is 0.0188. The maximum Gasteiger partial charge on any atom is 0.152 e. The Labute approximate surface area is 550 Å². The van der Waals surface area contributed by atoms with Gasteiger partial charge < -0.3 is 40.9 Å². The fraction of sp³-hybridized carbons (Fsp3) is 0.200. The third kappa shape index (κ3) is 11.7. The Morgan fingerprint density at radius 3 is 0.713 bits per heavy atom. The molecule has 0 spiro atoms. The standard InChI is InChI=1S/C60H46Br8Cl4O8/c1-56(25-57(2,30-13-38(61)50(75)39(62)14-30)31-15-40(63)51(76)41(64)16-31,26-58(3,32-17-42(65)52(77)43(66)18-32)33-19-44(67)53(78)45(68)20-33)60(28-5-9-36(73)10-6-28,29-7-11-37(74)12-8-29)27-59(4,34-21-46(69)54(79)47(70)22-34)35-23-48(71)55(80)49(72)24-35/h5-24,73-80H,25-27H2,1-4H3. The van der Waals surface area contributed by atoms with E-state index in [9.17, 15) is 40.9 Å². The summed E-state index contributed by atoms with van der Waals surface area (Å²) in [6.07, 6.45) is 0.316. The summed E-state index contributed by atoms with van der Waals surface area (Å²) < 4.78 is 3.05. The van der Waals surface area contributed by atoms with Crippen molar-refractivity contribution in [3.05, 3.63) is 222 Å². The van der Waals surface area contributed by atoms with Crippen LogP contribution in [0.1, 0.15) is 91.5 Å². The topological polar surface area (TPSA) is 162 Å². The van der Waals surface area contributed by atoms with E-state index in [2.05, 4.69) is 148 Å². The first-order valence-corrected chi connectivity index (χ1v) is 31.9. The van der Waals surface area contributed by atoms with Crippen LogP contribution < -0.4 is 0 Å². The summed E-state index contributed by atoms with van der Waals surface area (Å²) in [6.45, 7) is 8.29. The van der Waals surface area contributed by atoms with Crippen LogP contribution in [0.2, 0.25) is 20.1 Å². The third-order valence-corrected chi connectivity index (χ3v) is 21.8. The zero-order valence-corrected chi connectivity index (χ0v) is 58.0. The van der Waals surface area contributed by atoms with E-state index in [0.717, 1.165) is 0 Å². The van der Waals surface area contributed by atoms with Crippen molar-refractivity contribution in [1.29, 1.82) is 0 Å². The maximum absolute atomic E-state index is 11.4. The highest BCUT2D eigenvalue weighted by Crippen LogP contribution is 2.66. The van der Waals surface area contributed by atoms with Crippen LogP contribution in [0.4, 0.5) is 0 Å². The molecule has 8 rings (SSSR count). The number of hydrogen-bond acceptors (Lipinski definition) is 8. The minimum atomic E-state index is -1.45. The minimum Gasteiger partial charge on any atom is -0.508 e. The molecule has 20 heteroatoms. The largest absolute Gasteiger partial charge is 0.508 e. The molecule has 0 atom stereocenters. The predicted molar refractivity (Wildman–Crippen MR) is 349 cm³/mol. The fourth-order valence-electron chi connectivity index (χ4n) is 11.6. The van der Waals surface area contributed by atoms with Crippen LogP contribution in [-0.4, -0.2) is 40.9 Å². The number of phenolic OH excluding ortho intramolecular Hbond substituents is 8. The van der Waals surface area contributed by atoms with E-state index in [1.165, 1.54) is 0 Å². The van der Waals surface area contributed by atoms with E-state index in [-0.39, 0.29) is 85.3 Å². The highest BCUT2D eigenvalue weighted by atomic mass is 79.9. The first kappa shape index (κ1) is 63.2. The average Bonchev–Trinajstić information content (AvgIpc) is 3.56. The molecular formula is C60H46Br8Cl4O8. The molecule has 0 bridgehead atoms. The Balaban J connectivity index is 1.66. The summed E-state index contributed by atoms with van der Waals surface area (Å²) in [5, 5.41) is 90.3. The molecule has 8 aromatic rings. The molecule has 0 amide bonds. The van der Waals surface area contributed by atoms with E-state index in [4.69, 9.17) is 46.4 Å². The van der Waals surface area contributed by atoms with E-state index < -0.39 is 27.1 Å². The van der Waals surface area contributed by atoms with Gasteiger partial charge in [-0.3, -0.25) is 0 Å². The van der Waals surface area contributed by atoms with Crippen LogP contribution in [0, 0.1) is 5.41 Å². The van der Waals surface area contributed by atoms with Crippen LogP contribution in [0.15, 0.2) is 157 Å². The van der Waals surface area contributed by atoms with Gasteiger partial charge in [-0.05, 0) is 294 Å². The molecule has 0 aliphatic rings. The summed E-state index contributed by atoms with van der Waals surface area (Å²) in [6, 6.07) is 35.1. The Morgan fingerprint density at radius 2 is 0.487 bits per heavy atom. The molecule has 8 nitrogen and oxygen atoms in total. The SMILES string of the molecule is CC(CC(C)(CC(C)(c1cc(Br)c(O)c(Br)c1)c1cc(Br)c(O)c(Br)c1)C(CC(C)(c1cc(Cl)c(O)c(Cl)c1)c1cc(Cl)c(O)c(Cl)c1)(c1ccc(O)cc1)c1ccc(O)cc1)(c1cc(Br)c(O)c(Br)c1)c1cc(Br)c(O)c(Br)c1. The van der Waals surface area contributed by atoms with Gasteiger partial charge in [0.2, 0.25) is 0 Å². The van der Waals surface area contributed by atoms with E-state index in [1.807, 2.05) is 79.7 Å². The second-order valence-electron chi connectivity index (χ2n) is 20.8. The van der Waals surface area contributed by atoms with Gasteiger partial charge in [0.1, 0.15) is 34.5 Å². The van der Waals surface area contributed by atoms with Crippen LogP contribution >= 0.6 is 174 Å². The second kappa shape index (κ2) is 23.9. The van der Waals surface area contributed by atoms with Gasteiger partial charge in [-0.15, -0.1) is 0 Å². The number of phenols is 8. The van der Waals surface area contributed by atoms with Crippen molar-refractivity contribution in [3.8, 4) is 46.0 Å². The molecule has 0 radical (unpaired) electrons. The quantitative estimate of drug-likeness (QED) is 0.0503. The predicted octanol–water partition coefficient (Wildman–Crippen LogP) is 21.5. The molecule has 0 aliphatic heterocycles. The maximum atomic E-state index is 11.4. The molecule has 0 fully saturated rings. The molecular weight excluding hydrogens is 1630 g/mol. The fourth-order valence-corrected chi connectivity index (χ4v) is 17.4. The molecule has 418 valence electrons. The number of halogens is 12. The monoisotopic (exact) mass is 1670 g/mol. The van der Waals surface area contributed by atoms with Gasteiger partial charge in [0, 0.05) is 21.7 Å². The lowest BCUT2D eigenvalue weighted by Gasteiger charge is -2.59. The van der Waals surface area contributed by atoms with Gasteiger partial charge in [0.05, 0.1) is 55.9 Å². The van der Waals surface area contributed by atoms with E-state index >= 15 is 0 Å². The lowest BCUT2D eigenvalue weighted by Crippen LogP contribution is -2.54. The van der Waals surface area contributed by atoms with Crippen LogP contribution in [0.5, 0.6) is 46.0 Å². The molecule has 80 heavy (non-hydrogen) atoms. The average molecular weight is 1680 g/mol. The van der Waals surface area contributed by atoms with Gasteiger partial charge in [0.25, 0.3) is 0 Å². The Kier molecular flexibility index (Phi) is 18.9. The van der Waals surface area contributed by atoms with Crippen molar-refractivity contribution in [3.63, 3.8) is 0 Å². The van der Waals surface area contributed by atoms with Crippen LogP contribution in [0.3, 0.4) is 0 Å². The first-order valence-electron chi connectivity index (χ1n) is 24.0. The van der Waals surface area contributed by atoms with E-state index in [0.29, 0.717) is 80.3 Å². The smallest absolute Gasteiger partial charge is 0.152 e. The van der Waals surface area contributed by atoms with Gasteiger partial charge >= 0.3 is 0 Å². The number of benzene rings is 8. The Hall–Kier alpha value is -2.84. The molecule has 0 heterocycles.